The predicted molar refractivity (Wildman–Crippen MR) is 75.7 cm³/mol. The first kappa shape index (κ1) is 15.5. The molecule has 0 spiro atoms. The normalized spacial score (nSPS) is 11.1. The van der Waals surface area contributed by atoms with Crippen LogP contribution in [0.5, 0.6) is 0 Å². The van der Waals surface area contributed by atoms with Crippen LogP contribution in [0.2, 0.25) is 0 Å². The van der Waals surface area contributed by atoms with E-state index in [4.69, 9.17) is 5.14 Å². The van der Waals surface area contributed by atoms with Gasteiger partial charge < -0.3 is 10.6 Å². The largest absolute Gasteiger partial charge is 0.387 e. The number of aryl methyl sites for hydroxylation is 1. The fourth-order valence-electron chi connectivity index (χ4n) is 1.63. The number of sulfonamides is 1. The first-order chi connectivity index (χ1) is 8.83. The summed E-state index contributed by atoms with van der Waals surface area (Å²) in [6.07, 6.45) is 0.297. The van der Waals surface area contributed by atoms with Crippen molar-refractivity contribution in [1.82, 2.24) is 5.32 Å². The first-order valence-corrected chi connectivity index (χ1v) is 7.62. The molecular weight excluding hydrogens is 266 g/mol. The molecule has 6 nitrogen and oxygen atoms in total. The Balaban J connectivity index is 2.59. The van der Waals surface area contributed by atoms with Gasteiger partial charge in [0.2, 0.25) is 10.0 Å². The highest BCUT2D eigenvalue weighted by atomic mass is 32.2. The maximum Gasteiger partial charge on any atom is 0.253 e. The smallest absolute Gasteiger partial charge is 0.253 e. The van der Waals surface area contributed by atoms with Crippen LogP contribution >= 0.6 is 0 Å². The Hall–Kier alpha value is -1.60. The third-order valence-corrected chi connectivity index (χ3v) is 3.44. The number of primary sulfonamides is 1. The number of anilines is 1. The summed E-state index contributed by atoms with van der Waals surface area (Å²) < 4.78 is 21.5. The highest BCUT2D eigenvalue weighted by Gasteiger charge is 2.10. The summed E-state index contributed by atoms with van der Waals surface area (Å²) >= 11 is 0. The summed E-state index contributed by atoms with van der Waals surface area (Å²) in [5, 5.41) is 10.5. The molecule has 0 radical (unpaired) electrons. The summed E-state index contributed by atoms with van der Waals surface area (Å²) in [6, 6.07) is 5.45. The van der Waals surface area contributed by atoms with E-state index in [0.29, 0.717) is 12.0 Å². The summed E-state index contributed by atoms with van der Waals surface area (Å²) in [6.45, 7) is 2.21. The van der Waals surface area contributed by atoms with Crippen molar-refractivity contribution in [3.05, 3.63) is 29.3 Å². The topological polar surface area (TPSA) is 101 Å². The molecule has 0 aliphatic heterocycles. The fraction of sp³-hybridized carbons (Fsp3) is 0.417. The van der Waals surface area contributed by atoms with Gasteiger partial charge in [-0.2, -0.15) is 0 Å². The van der Waals surface area contributed by atoms with Crippen molar-refractivity contribution in [3.63, 3.8) is 0 Å². The Morgan fingerprint density at radius 1 is 1.37 bits per heavy atom. The third kappa shape index (κ3) is 5.27. The van der Waals surface area contributed by atoms with Crippen LogP contribution in [0.25, 0.3) is 0 Å². The van der Waals surface area contributed by atoms with Crippen molar-refractivity contribution >= 4 is 21.6 Å². The molecule has 7 heteroatoms. The zero-order valence-electron chi connectivity index (χ0n) is 11.1. The second-order valence-electron chi connectivity index (χ2n) is 4.28. The molecule has 1 rings (SSSR count). The van der Waals surface area contributed by atoms with Crippen LogP contribution in [-0.4, -0.2) is 33.7 Å². The van der Waals surface area contributed by atoms with Crippen molar-refractivity contribution < 1.29 is 13.2 Å². The molecule has 1 aromatic rings. The summed E-state index contributed by atoms with van der Waals surface area (Å²) in [7, 11) is -1.73. The number of benzene rings is 1. The van der Waals surface area contributed by atoms with Gasteiger partial charge in [-0.1, -0.05) is 6.07 Å². The third-order valence-electron chi connectivity index (χ3n) is 2.58. The molecule has 0 saturated carbocycles. The minimum atomic E-state index is -3.47. The van der Waals surface area contributed by atoms with Crippen molar-refractivity contribution in [2.45, 2.75) is 13.3 Å². The number of carbonyl (C=O) groups is 1. The minimum Gasteiger partial charge on any atom is -0.387 e. The molecule has 0 fully saturated rings. The van der Waals surface area contributed by atoms with E-state index in [1.165, 1.54) is 0 Å². The molecule has 19 heavy (non-hydrogen) atoms. The lowest BCUT2D eigenvalue weighted by atomic mass is 10.1. The fourth-order valence-corrected chi connectivity index (χ4v) is 2.18. The van der Waals surface area contributed by atoms with Crippen molar-refractivity contribution in [3.8, 4) is 0 Å². The van der Waals surface area contributed by atoms with E-state index in [9.17, 15) is 13.2 Å². The number of nitrogens with two attached hydrogens (primary N) is 1. The van der Waals surface area contributed by atoms with Crippen LogP contribution < -0.4 is 15.8 Å². The van der Waals surface area contributed by atoms with Crippen LogP contribution in [0, 0.1) is 6.92 Å². The van der Waals surface area contributed by atoms with Crippen LogP contribution in [0.15, 0.2) is 18.2 Å². The minimum absolute atomic E-state index is 0.139. The van der Waals surface area contributed by atoms with E-state index in [0.717, 1.165) is 11.3 Å². The summed E-state index contributed by atoms with van der Waals surface area (Å²) in [5.74, 6) is -0.376. The maximum atomic E-state index is 11.9. The molecule has 0 unspecified atom stereocenters. The highest BCUT2D eigenvalue weighted by molar-refractivity contribution is 7.89. The van der Waals surface area contributed by atoms with Gasteiger partial charge >= 0.3 is 0 Å². The van der Waals surface area contributed by atoms with Gasteiger partial charge in [-0.15, -0.1) is 0 Å². The Morgan fingerprint density at radius 2 is 2.05 bits per heavy atom. The Bertz CT molecular complexity index is 555. The van der Waals surface area contributed by atoms with Gasteiger partial charge in [0.15, 0.2) is 0 Å². The molecule has 0 aliphatic carbocycles. The Labute approximate surface area is 113 Å². The monoisotopic (exact) mass is 285 g/mol. The number of hydrogen-bond donors (Lipinski definition) is 3. The van der Waals surface area contributed by atoms with Crippen LogP contribution in [0.1, 0.15) is 22.3 Å². The van der Waals surface area contributed by atoms with Crippen LogP contribution in [0.4, 0.5) is 5.69 Å². The van der Waals surface area contributed by atoms with Gasteiger partial charge in [0.05, 0.1) is 11.3 Å². The van der Waals surface area contributed by atoms with Gasteiger partial charge in [0.1, 0.15) is 0 Å². The Kier molecular flexibility index (Phi) is 5.31. The first-order valence-electron chi connectivity index (χ1n) is 5.90. The molecule has 0 saturated heterocycles. The zero-order chi connectivity index (χ0) is 14.5. The molecule has 0 bridgehead atoms. The van der Waals surface area contributed by atoms with Crippen LogP contribution in [0.3, 0.4) is 0 Å². The standard InChI is InChI=1S/C12H19N3O3S/c1-9-4-5-10(11(8-9)14-2)12(16)15-6-3-7-19(13,17)18/h4-5,8,14H,3,6-7H2,1-2H3,(H,15,16)(H2,13,17,18). The zero-order valence-corrected chi connectivity index (χ0v) is 11.9. The Morgan fingerprint density at radius 3 is 2.63 bits per heavy atom. The number of amides is 1. The molecule has 106 valence electrons. The average molecular weight is 285 g/mol. The lowest BCUT2D eigenvalue weighted by molar-refractivity contribution is 0.0954. The molecule has 0 aliphatic rings. The lowest BCUT2D eigenvalue weighted by Crippen LogP contribution is -2.27. The molecule has 1 amide bonds. The van der Waals surface area contributed by atoms with Crippen molar-refractivity contribution in [2.75, 3.05) is 24.7 Å². The summed E-state index contributed by atoms with van der Waals surface area (Å²) in [5.41, 5.74) is 2.32. The second-order valence-corrected chi connectivity index (χ2v) is 6.01. The molecule has 0 aromatic heterocycles. The summed E-state index contributed by atoms with van der Waals surface area (Å²) in [4.78, 5) is 11.9. The number of nitrogens with one attached hydrogen (secondary N) is 2. The molecule has 4 N–H and O–H groups in total. The SMILES string of the molecule is CNc1cc(C)ccc1C(=O)NCCCS(N)(=O)=O. The van der Waals surface area contributed by atoms with Crippen LogP contribution in [-0.2, 0) is 10.0 Å². The van der Waals surface area contributed by atoms with E-state index >= 15 is 0 Å². The van der Waals surface area contributed by atoms with E-state index in [-0.39, 0.29) is 18.2 Å². The van der Waals surface area contributed by atoms with E-state index in [2.05, 4.69) is 10.6 Å². The van der Waals surface area contributed by atoms with Crippen molar-refractivity contribution in [2.24, 2.45) is 5.14 Å². The van der Waals surface area contributed by atoms with Gasteiger partial charge in [-0.3, -0.25) is 4.79 Å². The predicted octanol–water partition coefficient (Wildman–Crippen LogP) is 0.445. The van der Waals surface area contributed by atoms with Gasteiger partial charge in [0.25, 0.3) is 5.91 Å². The molecule has 1 aromatic carbocycles. The lowest BCUT2D eigenvalue weighted by Gasteiger charge is -2.10. The molecule has 0 heterocycles. The number of carbonyl (C=O) groups excluding carboxylic acids is 1. The molecule has 0 atom stereocenters. The number of hydrogen-bond acceptors (Lipinski definition) is 4. The van der Waals surface area contributed by atoms with Gasteiger partial charge in [-0.25, -0.2) is 13.6 Å². The second kappa shape index (κ2) is 6.53. The quantitative estimate of drug-likeness (QED) is 0.660. The average Bonchev–Trinajstić information content (AvgIpc) is 2.33. The van der Waals surface area contributed by atoms with Crippen molar-refractivity contribution in [1.29, 1.82) is 0 Å². The van der Waals surface area contributed by atoms with Gasteiger partial charge in [0, 0.05) is 19.3 Å². The van der Waals surface area contributed by atoms with E-state index in [1.807, 2.05) is 19.1 Å². The highest BCUT2D eigenvalue weighted by Crippen LogP contribution is 2.16. The van der Waals surface area contributed by atoms with Gasteiger partial charge in [-0.05, 0) is 31.0 Å². The number of rotatable bonds is 6. The maximum absolute atomic E-state index is 11.9. The van der Waals surface area contributed by atoms with E-state index in [1.54, 1.807) is 13.1 Å². The molecular formula is C12H19N3O3S. The van der Waals surface area contributed by atoms with E-state index < -0.39 is 10.0 Å².